The third-order valence-electron chi connectivity index (χ3n) is 8.13. The van der Waals surface area contributed by atoms with Gasteiger partial charge in [0.15, 0.2) is 0 Å². The number of epoxide rings is 1. The summed E-state index contributed by atoms with van der Waals surface area (Å²) in [7, 11) is 0. The molecule has 8 heteroatoms. The molecule has 1 fully saturated rings. The van der Waals surface area contributed by atoms with Crippen molar-refractivity contribution in [2.45, 2.75) is 123 Å². The van der Waals surface area contributed by atoms with Crippen molar-refractivity contribution in [3.8, 4) is 0 Å². The molecule has 0 aromatic heterocycles. The SMILES string of the molecule is CCC(O)C(C)C1OC1CC(C)/C=C/C=C(\C)C1OC(=O)C(C)C(O)CCC(C)(O)C(OC(C)=O)/C=C\C1C. The van der Waals surface area contributed by atoms with Crippen LogP contribution in [0.5, 0.6) is 0 Å². The maximum atomic E-state index is 12.9. The maximum absolute atomic E-state index is 12.9. The van der Waals surface area contributed by atoms with Gasteiger partial charge in [-0.15, -0.1) is 0 Å². The number of hydrogen-bond donors (Lipinski definition) is 3. The summed E-state index contributed by atoms with van der Waals surface area (Å²) in [5.41, 5.74) is -0.597. The predicted molar refractivity (Wildman–Crippen MR) is 150 cm³/mol. The predicted octanol–water partition coefficient (Wildman–Crippen LogP) is 4.27. The van der Waals surface area contributed by atoms with Crippen LogP contribution in [0.1, 0.15) is 81.1 Å². The average Bonchev–Trinajstić information content (AvgIpc) is 3.64. The first-order valence-electron chi connectivity index (χ1n) is 14.3. The first-order chi connectivity index (χ1) is 18.2. The summed E-state index contributed by atoms with van der Waals surface area (Å²) in [5.74, 6) is -1.72. The van der Waals surface area contributed by atoms with E-state index in [4.69, 9.17) is 14.2 Å². The normalized spacial score (nSPS) is 37.7. The van der Waals surface area contributed by atoms with Crippen molar-refractivity contribution in [3.63, 3.8) is 0 Å². The van der Waals surface area contributed by atoms with Crippen LogP contribution >= 0.6 is 0 Å². The van der Waals surface area contributed by atoms with Gasteiger partial charge in [-0.3, -0.25) is 9.59 Å². The summed E-state index contributed by atoms with van der Waals surface area (Å²) >= 11 is 0. The Morgan fingerprint density at radius 1 is 1.26 bits per heavy atom. The minimum absolute atomic E-state index is 0.102. The van der Waals surface area contributed by atoms with Gasteiger partial charge in [0.05, 0.1) is 30.3 Å². The van der Waals surface area contributed by atoms with Crippen molar-refractivity contribution in [3.05, 3.63) is 36.0 Å². The summed E-state index contributed by atoms with van der Waals surface area (Å²) in [4.78, 5) is 24.6. The summed E-state index contributed by atoms with van der Waals surface area (Å²) in [5, 5.41) is 31.7. The van der Waals surface area contributed by atoms with Gasteiger partial charge >= 0.3 is 11.9 Å². The Morgan fingerprint density at radius 3 is 2.54 bits per heavy atom. The van der Waals surface area contributed by atoms with E-state index in [-0.39, 0.29) is 48.9 Å². The van der Waals surface area contributed by atoms with E-state index in [1.54, 1.807) is 26.0 Å². The highest BCUT2D eigenvalue weighted by Gasteiger charge is 2.45. The summed E-state index contributed by atoms with van der Waals surface area (Å²) in [6, 6.07) is 0. The van der Waals surface area contributed by atoms with Gasteiger partial charge in [0.2, 0.25) is 0 Å². The molecule has 0 spiro atoms. The summed E-state index contributed by atoms with van der Waals surface area (Å²) < 4.78 is 17.1. The molecule has 0 aromatic carbocycles. The van der Waals surface area contributed by atoms with Crippen LogP contribution in [0.15, 0.2) is 36.0 Å². The number of ether oxygens (including phenoxy) is 3. The van der Waals surface area contributed by atoms with Crippen LogP contribution < -0.4 is 0 Å². The molecule has 0 amide bonds. The lowest BCUT2D eigenvalue weighted by molar-refractivity contribution is -0.159. The minimum atomic E-state index is -1.42. The third-order valence-corrected chi connectivity index (χ3v) is 8.13. The second-order valence-corrected chi connectivity index (χ2v) is 11.9. The zero-order valence-corrected chi connectivity index (χ0v) is 24.9. The maximum Gasteiger partial charge on any atom is 0.311 e. The van der Waals surface area contributed by atoms with Gasteiger partial charge in [-0.25, -0.2) is 0 Å². The highest BCUT2D eigenvalue weighted by atomic mass is 16.6. The molecule has 0 aliphatic carbocycles. The Labute approximate surface area is 234 Å². The van der Waals surface area contributed by atoms with E-state index in [1.165, 1.54) is 6.92 Å². The first kappa shape index (κ1) is 33.2. The molecular formula is C31H50O8. The van der Waals surface area contributed by atoms with Crippen molar-refractivity contribution in [1.82, 2.24) is 0 Å². The van der Waals surface area contributed by atoms with E-state index < -0.39 is 41.8 Å². The number of aliphatic hydroxyl groups is 3. The van der Waals surface area contributed by atoms with Gasteiger partial charge in [-0.1, -0.05) is 52.0 Å². The van der Waals surface area contributed by atoms with E-state index >= 15 is 0 Å². The third kappa shape index (κ3) is 9.85. The van der Waals surface area contributed by atoms with Gasteiger partial charge in [0.1, 0.15) is 17.8 Å². The highest BCUT2D eigenvalue weighted by molar-refractivity contribution is 5.73. The average molecular weight is 551 g/mol. The topological polar surface area (TPSA) is 126 Å². The molecule has 11 atom stereocenters. The summed E-state index contributed by atoms with van der Waals surface area (Å²) in [6.45, 7) is 14.4. The molecule has 222 valence electrons. The molecule has 1 saturated heterocycles. The monoisotopic (exact) mass is 550 g/mol. The number of carbonyl (C=O) groups is 2. The van der Waals surface area contributed by atoms with Gasteiger partial charge in [-0.2, -0.15) is 0 Å². The quantitative estimate of drug-likeness (QED) is 0.168. The Balaban J connectivity index is 2.17. The Kier molecular flexibility index (Phi) is 12.4. The van der Waals surface area contributed by atoms with Gasteiger partial charge in [0, 0.05) is 18.8 Å². The fourth-order valence-electron chi connectivity index (χ4n) is 5.10. The molecule has 0 aromatic rings. The van der Waals surface area contributed by atoms with Crippen LogP contribution in [-0.4, -0.2) is 69.5 Å². The van der Waals surface area contributed by atoms with E-state index in [0.717, 1.165) is 12.0 Å². The first-order valence-corrected chi connectivity index (χ1v) is 14.3. The Hall–Kier alpha value is -2.00. The lowest BCUT2D eigenvalue weighted by atomic mass is 9.87. The van der Waals surface area contributed by atoms with Crippen molar-refractivity contribution in [2.75, 3.05) is 0 Å². The molecule has 39 heavy (non-hydrogen) atoms. The standard InChI is InChI=1S/C31H50O8/c1-9-24(33)21(5)29-26(38-29)17-18(2)11-10-12-19(3)28-20(4)13-14-27(37-23(7)32)31(8,36)16-15-25(34)22(6)30(35)39-28/h10-14,18,20-22,24-29,33-34,36H,9,15-17H2,1-8H3/b11-10+,14-13-,19-12+. The summed E-state index contributed by atoms with van der Waals surface area (Å²) in [6.07, 6.45) is 8.62. The van der Waals surface area contributed by atoms with E-state index in [2.05, 4.69) is 13.0 Å². The fourth-order valence-corrected chi connectivity index (χ4v) is 5.10. The zero-order chi connectivity index (χ0) is 29.5. The van der Waals surface area contributed by atoms with Crippen molar-refractivity contribution >= 4 is 11.9 Å². The van der Waals surface area contributed by atoms with E-state index in [9.17, 15) is 24.9 Å². The number of allylic oxidation sites excluding steroid dienone is 3. The molecule has 2 rings (SSSR count). The molecular weight excluding hydrogens is 500 g/mol. The van der Waals surface area contributed by atoms with Crippen LogP contribution in [-0.2, 0) is 23.8 Å². The van der Waals surface area contributed by atoms with Crippen molar-refractivity contribution < 1.29 is 39.1 Å². The second-order valence-electron chi connectivity index (χ2n) is 11.9. The second kappa shape index (κ2) is 14.6. The molecule has 3 N–H and O–H groups in total. The van der Waals surface area contributed by atoms with Gasteiger partial charge < -0.3 is 29.5 Å². The van der Waals surface area contributed by atoms with Crippen molar-refractivity contribution in [2.24, 2.45) is 23.7 Å². The van der Waals surface area contributed by atoms with E-state index in [0.29, 0.717) is 6.42 Å². The van der Waals surface area contributed by atoms with Crippen LogP contribution in [0.3, 0.4) is 0 Å². The van der Waals surface area contributed by atoms with Crippen LogP contribution in [0.25, 0.3) is 0 Å². The van der Waals surface area contributed by atoms with Crippen LogP contribution in [0, 0.1) is 23.7 Å². The Morgan fingerprint density at radius 2 is 1.92 bits per heavy atom. The number of esters is 2. The molecule has 2 heterocycles. The highest BCUT2D eigenvalue weighted by Crippen LogP contribution is 2.36. The smallest absolute Gasteiger partial charge is 0.311 e. The number of carbonyl (C=O) groups excluding carboxylic acids is 2. The molecule has 11 unspecified atom stereocenters. The lowest BCUT2D eigenvalue weighted by Crippen LogP contribution is -2.43. The molecule has 0 saturated carbocycles. The molecule has 0 radical (unpaired) electrons. The number of rotatable bonds is 9. The van der Waals surface area contributed by atoms with E-state index in [1.807, 2.05) is 39.8 Å². The Bertz CT molecular complexity index is 906. The van der Waals surface area contributed by atoms with Crippen LogP contribution in [0.4, 0.5) is 0 Å². The van der Waals surface area contributed by atoms with Gasteiger partial charge in [0.25, 0.3) is 0 Å². The number of cyclic esters (lactones) is 1. The number of hydrogen-bond acceptors (Lipinski definition) is 8. The van der Waals surface area contributed by atoms with Gasteiger partial charge in [-0.05, 0) is 64.0 Å². The van der Waals surface area contributed by atoms with Crippen LogP contribution in [0.2, 0.25) is 0 Å². The fraction of sp³-hybridized carbons (Fsp3) is 0.742. The minimum Gasteiger partial charge on any atom is -0.457 e. The molecule has 0 bridgehead atoms. The largest absolute Gasteiger partial charge is 0.457 e. The number of aliphatic hydroxyl groups excluding tert-OH is 2. The molecule has 2 aliphatic heterocycles. The lowest BCUT2D eigenvalue weighted by Gasteiger charge is -2.33. The van der Waals surface area contributed by atoms with Crippen molar-refractivity contribution in [1.29, 1.82) is 0 Å². The zero-order valence-electron chi connectivity index (χ0n) is 24.9. The molecule has 8 nitrogen and oxygen atoms in total. The molecule has 2 aliphatic rings.